The van der Waals surface area contributed by atoms with Crippen LogP contribution in [0.25, 0.3) is 0 Å². The first kappa shape index (κ1) is 15.0. The lowest BCUT2D eigenvalue weighted by Gasteiger charge is -2.16. The maximum absolute atomic E-state index is 12.0. The molecule has 1 atom stereocenters. The summed E-state index contributed by atoms with van der Waals surface area (Å²) in [6.45, 7) is 2.20. The minimum atomic E-state index is 0.0881. The molecule has 19 heavy (non-hydrogen) atoms. The van der Waals surface area contributed by atoms with Crippen molar-refractivity contribution in [2.45, 2.75) is 13.3 Å². The van der Waals surface area contributed by atoms with E-state index in [9.17, 15) is 9.59 Å². The molecule has 0 aromatic carbocycles. The van der Waals surface area contributed by atoms with Gasteiger partial charge in [0.25, 0.3) is 0 Å². The van der Waals surface area contributed by atoms with E-state index < -0.39 is 0 Å². The van der Waals surface area contributed by atoms with E-state index in [2.05, 4.69) is 36.8 Å². The van der Waals surface area contributed by atoms with Crippen LogP contribution in [-0.4, -0.2) is 28.3 Å². The van der Waals surface area contributed by atoms with Gasteiger partial charge in [-0.3, -0.25) is 9.59 Å². The molecule has 1 aromatic heterocycles. The van der Waals surface area contributed by atoms with Crippen LogP contribution in [0.4, 0.5) is 5.69 Å². The Bertz CT molecular complexity index is 524. The SMILES string of the molecule is CC(=O)SCC1CC(=O)N(c2cnc(Br)c(Br)c2)C1. The summed E-state index contributed by atoms with van der Waals surface area (Å²) >= 11 is 7.97. The Kier molecular flexibility index (Phi) is 5.03. The number of thioether (sulfide) groups is 1. The number of amides is 1. The molecule has 0 bridgehead atoms. The number of hydrogen-bond donors (Lipinski definition) is 0. The molecule has 0 saturated carbocycles. The summed E-state index contributed by atoms with van der Waals surface area (Å²) in [6.07, 6.45) is 2.17. The third kappa shape index (κ3) is 3.79. The number of carbonyl (C=O) groups excluding carboxylic acids is 2. The largest absolute Gasteiger partial charge is 0.311 e. The zero-order valence-corrected chi connectivity index (χ0v) is 14.2. The molecule has 0 radical (unpaired) electrons. The van der Waals surface area contributed by atoms with E-state index in [1.165, 1.54) is 11.8 Å². The van der Waals surface area contributed by atoms with E-state index >= 15 is 0 Å². The van der Waals surface area contributed by atoms with Crippen LogP contribution in [0.3, 0.4) is 0 Å². The van der Waals surface area contributed by atoms with Crippen LogP contribution >= 0.6 is 43.6 Å². The molecule has 7 heteroatoms. The van der Waals surface area contributed by atoms with E-state index in [0.29, 0.717) is 23.3 Å². The van der Waals surface area contributed by atoms with Crippen LogP contribution in [0.5, 0.6) is 0 Å². The number of pyridine rings is 1. The van der Waals surface area contributed by atoms with Gasteiger partial charge in [0, 0.05) is 25.6 Å². The maximum atomic E-state index is 12.0. The first-order chi connectivity index (χ1) is 8.97. The van der Waals surface area contributed by atoms with Gasteiger partial charge in [0.2, 0.25) is 5.91 Å². The standard InChI is InChI=1S/C12H12Br2N2O2S/c1-7(17)19-6-8-2-11(18)16(5-8)9-3-10(13)12(14)15-4-9/h3-4,8H,2,5-6H2,1H3. The molecule has 1 aromatic rings. The van der Waals surface area contributed by atoms with Crippen molar-refractivity contribution >= 4 is 60.3 Å². The van der Waals surface area contributed by atoms with Gasteiger partial charge in [0.1, 0.15) is 4.60 Å². The minimum absolute atomic E-state index is 0.0881. The topological polar surface area (TPSA) is 50.3 Å². The molecule has 1 fully saturated rings. The van der Waals surface area contributed by atoms with E-state index in [1.54, 1.807) is 18.0 Å². The van der Waals surface area contributed by atoms with Crippen LogP contribution < -0.4 is 4.90 Å². The molecule has 1 unspecified atom stereocenters. The molecule has 0 spiro atoms. The number of halogens is 2. The summed E-state index contributed by atoms with van der Waals surface area (Å²) in [5.74, 6) is 1.01. The second kappa shape index (κ2) is 6.37. The Labute approximate surface area is 132 Å². The molecule has 1 saturated heterocycles. The third-order valence-corrected chi connectivity index (χ3v) is 5.63. The number of anilines is 1. The van der Waals surface area contributed by atoms with Crippen molar-refractivity contribution in [2.24, 2.45) is 5.92 Å². The second-order valence-corrected chi connectivity index (χ2v) is 7.15. The molecule has 102 valence electrons. The van der Waals surface area contributed by atoms with Crippen molar-refractivity contribution in [3.8, 4) is 0 Å². The van der Waals surface area contributed by atoms with Gasteiger partial charge >= 0.3 is 0 Å². The van der Waals surface area contributed by atoms with Crippen molar-refractivity contribution in [1.82, 2.24) is 4.98 Å². The number of rotatable bonds is 3. The van der Waals surface area contributed by atoms with Crippen LogP contribution in [0.15, 0.2) is 21.3 Å². The van der Waals surface area contributed by atoms with Gasteiger partial charge in [-0.1, -0.05) is 11.8 Å². The molecule has 0 aliphatic carbocycles. The Morgan fingerprint density at radius 2 is 2.32 bits per heavy atom. The second-order valence-electron chi connectivity index (χ2n) is 4.34. The number of nitrogens with zero attached hydrogens (tertiary/aromatic N) is 2. The van der Waals surface area contributed by atoms with Crippen LogP contribution in [0.1, 0.15) is 13.3 Å². The summed E-state index contributed by atoms with van der Waals surface area (Å²) in [4.78, 5) is 28.9. The fraction of sp³-hybridized carbons (Fsp3) is 0.417. The smallest absolute Gasteiger partial charge is 0.227 e. The van der Waals surface area contributed by atoms with Crippen molar-refractivity contribution in [2.75, 3.05) is 17.2 Å². The van der Waals surface area contributed by atoms with Crippen molar-refractivity contribution in [1.29, 1.82) is 0 Å². The zero-order valence-electron chi connectivity index (χ0n) is 10.2. The Morgan fingerprint density at radius 3 is 2.95 bits per heavy atom. The quantitative estimate of drug-likeness (QED) is 0.721. The van der Waals surface area contributed by atoms with Gasteiger partial charge in [0.15, 0.2) is 5.12 Å². The zero-order chi connectivity index (χ0) is 14.0. The molecule has 1 aliphatic heterocycles. The monoisotopic (exact) mass is 406 g/mol. The van der Waals surface area contributed by atoms with Gasteiger partial charge in [0.05, 0.1) is 16.4 Å². The van der Waals surface area contributed by atoms with Gasteiger partial charge in [-0.2, -0.15) is 0 Å². The van der Waals surface area contributed by atoms with Crippen LogP contribution in [0, 0.1) is 5.92 Å². The molecule has 2 heterocycles. The Hall–Kier alpha value is -0.400. The lowest BCUT2D eigenvalue weighted by atomic mass is 10.1. The van der Waals surface area contributed by atoms with Crippen molar-refractivity contribution in [3.05, 3.63) is 21.3 Å². The maximum Gasteiger partial charge on any atom is 0.227 e. The molecule has 1 amide bonds. The first-order valence-corrected chi connectivity index (χ1v) is 8.29. The summed E-state index contributed by atoms with van der Waals surface area (Å²) in [5, 5.41) is 0.0963. The molecular weight excluding hydrogens is 396 g/mol. The molecule has 2 rings (SSSR count). The molecule has 0 N–H and O–H groups in total. The number of aromatic nitrogens is 1. The van der Waals surface area contributed by atoms with Gasteiger partial charge in [-0.05, 0) is 43.8 Å². The van der Waals surface area contributed by atoms with Gasteiger partial charge < -0.3 is 4.90 Å². The normalized spacial score (nSPS) is 19.0. The summed E-state index contributed by atoms with van der Waals surface area (Å²) < 4.78 is 1.53. The fourth-order valence-electron chi connectivity index (χ4n) is 1.94. The minimum Gasteiger partial charge on any atom is -0.311 e. The summed E-state index contributed by atoms with van der Waals surface area (Å²) in [6, 6.07) is 1.87. The third-order valence-electron chi connectivity index (χ3n) is 2.82. The van der Waals surface area contributed by atoms with Crippen molar-refractivity contribution < 1.29 is 9.59 Å². The van der Waals surface area contributed by atoms with Crippen molar-refractivity contribution in [3.63, 3.8) is 0 Å². The van der Waals surface area contributed by atoms with Crippen LogP contribution in [0.2, 0.25) is 0 Å². The van der Waals surface area contributed by atoms with E-state index in [1.807, 2.05) is 6.07 Å². The average Bonchev–Trinajstić information content (AvgIpc) is 2.72. The highest BCUT2D eigenvalue weighted by Crippen LogP contribution is 2.30. The van der Waals surface area contributed by atoms with E-state index in [-0.39, 0.29) is 16.9 Å². The molecular formula is C12H12Br2N2O2S. The predicted molar refractivity (Wildman–Crippen MR) is 83.2 cm³/mol. The van der Waals surface area contributed by atoms with E-state index in [4.69, 9.17) is 0 Å². The Balaban J connectivity index is 2.07. The van der Waals surface area contributed by atoms with E-state index in [0.717, 1.165) is 10.2 Å². The summed E-state index contributed by atoms with van der Waals surface area (Å²) in [5.41, 5.74) is 0.787. The van der Waals surface area contributed by atoms with Crippen LogP contribution in [-0.2, 0) is 9.59 Å². The predicted octanol–water partition coefficient (Wildman–Crippen LogP) is 3.24. The lowest BCUT2D eigenvalue weighted by Crippen LogP contribution is -2.24. The average molecular weight is 408 g/mol. The highest BCUT2D eigenvalue weighted by molar-refractivity contribution is 9.13. The highest BCUT2D eigenvalue weighted by Gasteiger charge is 2.31. The lowest BCUT2D eigenvalue weighted by molar-refractivity contribution is -0.117. The molecule has 1 aliphatic rings. The molecule has 4 nitrogen and oxygen atoms in total. The summed E-state index contributed by atoms with van der Waals surface area (Å²) in [7, 11) is 0. The first-order valence-electron chi connectivity index (χ1n) is 5.72. The number of carbonyl (C=O) groups is 2. The number of hydrogen-bond acceptors (Lipinski definition) is 4. The van der Waals surface area contributed by atoms with Gasteiger partial charge in [-0.15, -0.1) is 0 Å². The highest BCUT2D eigenvalue weighted by atomic mass is 79.9. The Morgan fingerprint density at radius 1 is 1.58 bits per heavy atom. The fourth-order valence-corrected chi connectivity index (χ4v) is 3.18. The van der Waals surface area contributed by atoms with Gasteiger partial charge in [-0.25, -0.2) is 4.98 Å².